The van der Waals surface area contributed by atoms with Gasteiger partial charge in [-0.2, -0.15) is 0 Å². The molecule has 0 saturated heterocycles. The van der Waals surface area contributed by atoms with E-state index in [1.165, 1.54) is 22.3 Å². The average molecular weight is 1240 g/mol. The van der Waals surface area contributed by atoms with Gasteiger partial charge < -0.3 is 4.90 Å². The Bertz CT molecular complexity index is 4380. The third-order valence-corrected chi connectivity index (χ3v) is 17.3. The van der Waals surface area contributed by atoms with E-state index < -0.39 is 5.41 Å². The van der Waals surface area contributed by atoms with Gasteiger partial charge in [-0.05, 0) is 52.3 Å². The Kier molecular flexibility index (Phi) is 12.4. The van der Waals surface area contributed by atoms with E-state index in [1.54, 1.807) is 0 Å². The summed E-state index contributed by atoms with van der Waals surface area (Å²) in [6.45, 7) is 13.6. The van der Waals surface area contributed by atoms with Crippen molar-refractivity contribution >= 4 is 45.3 Å². The van der Waals surface area contributed by atoms with Gasteiger partial charge in [0.05, 0.1) is 0 Å². The van der Waals surface area contributed by atoms with Gasteiger partial charge in [-0.1, -0.05) is 108 Å². The number of fused-ring (bicyclic) bond motifs is 9. The van der Waals surface area contributed by atoms with Crippen molar-refractivity contribution in [2.45, 2.75) is 57.8 Å². The van der Waals surface area contributed by atoms with E-state index in [0.717, 1.165) is 93.8 Å². The number of imidazole rings is 1. The first-order valence-corrected chi connectivity index (χ1v) is 29.2. The van der Waals surface area contributed by atoms with Gasteiger partial charge in [0, 0.05) is 23.3 Å². The molecule has 0 bridgehead atoms. The van der Waals surface area contributed by atoms with Crippen LogP contribution in [0.1, 0.15) is 74.9 Å². The molecule has 2 aliphatic rings. The Morgan fingerprint density at radius 3 is 1.56 bits per heavy atom. The summed E-state index contributed by atoms with van der Waals surface area (Å²) in [6.07, 6.45) is 1.94. The van der Waals surface area contributed by atoms with Gasteiger partial charge in [-0.25, -0.2) is 0 Å². The van der Waals surface area contributed by atoms with Crippen molar-refractivity contribution < 1.29 is 24.1 Å². The van der Waals surface area contributed by atoms with Crippen molar-refractivity contribution in [3.63, 3.8) is 0 Å². The molecule has 0 saturated carbocycles. The molecule has 7 heteroatoms. The van der Waals surface area contributed by atoms with Crippen molar-refractivity contribution in [3.8, 4) is 45.1 Å². The number of aromatic nitrogens is 3. The number of rotatable bonds is 8. The summed E-state index contributed by atoms with van der Waals surface area (Å²) in [6, 6.07) is 95.0. The molecule has 0 aliphatic carbocycles. The molecule has 0 radical (unpaired) electrons. The minimum absolute atomic E-state index is 0.0373. The average Bonchev–Trinajstić information content (AvgIpc) is 0.897. The summed E-state index contributed by atoms with van der Waals surface area (Å²) < 4.78 is 12.8. The Morgan fingerprint density at radius 1 is 0.439 bits per heavy atom. The molecule has 0 atom stereocenters. The van der Waals surface area contributed by atoms with Gasteiger partial charge in [0.15, 0.2) is 0 Å². The van der Waals surface area contributed by atoms with Crippen molar-refractivity contribution in [3.05, 3.63) is 298 Å². The van der Waals surface area contributed by atoms with Crippen LogP contribution >= 0.6 is 0 Å². The summed E-state index contributed by atoms with van der Waals surface area (Å²) >= 11 is 2.50. The predicted octanol–water partition coefficient (Wildman–Crippen LogP) is 19.2. The van der Waals surface area contributed by atoms with Crippen LogP contribution in [0.4, 0.5) is 34.3 Å². The van der Waals surface area contributed by atoms with E-state index in [9.17, 15) is 0 Å². The summed E-state index contributed by atoms with van der Waals surface area (Å²) in [5.41, 5.74) is 20.0. The zero-order valence-corrected chi connectivity index (χ0v) is 48.9. The summed E-state index contributed by atoms with van der Waals surface area (Å²) in [7, 11) is 0. The van der Waals surface area contributed by atoms with Crippen LogP contribution in [0.3, 0.4) is 0 Å². The maximum atomic E-state index is 7.09. The minimum Gasteiger partial charge on any atom is -0.0618 e. The van der Waals surface area contributed by atoms with Crippen LogP contribution in [0.2, 0.25) is 0 Å². The predicted molar refractivity (Wildman–Crippen MR) is 331 cm³/mol. The molecular weight excluding hydrogens is 1180 g/mol. The van der Waals surface area contributed by atoms with Gasteiger partial charge in [-0.15, -0.1) is 0 Å². The monoisotopic (exact) mass is 1240 g/mol. The number of hydrogen-bond donors (Lipinski definition) is 0. The second kappa shape index (κ2) is 19.9. The van der Waals surface area contributed by atoms with E-state index in [1.807, 2.05) is 12.3 Å². The fraction of sp³-hybridized carbons (Fsp3) is 0.120. The second-order valence-corrected chi connectivity index (χ2v) is 24.4. The first-order valence-electron chi connectivity index (χ1n) is 28.0. The quantitative estimate of drug-likeness (QED) is 0.142. The Morgan fingerprint density at radius 2 is 0.951 bits per heavy atom. The van der Waals surface area contributed by atoms with Crippen molar-refractivity contribution in [1.29, 1.82) is 0 Å². The van der Waals surface area contributed by atoms with Crippen LogP contribution in [-0.2, 0) is 35.6 Å². The molecule has 0 N–H and O–H groups in total. The fourth-order valence-corrected chi connectivity index (χ4v) is 13.6. The molecule has 1 spiro atoms. The van der Waals surface area contributed by atoms with Crippen molar-refractivity contribution in [2.75, 3.05) is 9.80 Å². The number of ether oxygens (including phenoxy) is 1. The van der Waals surface area contributed by atoms with Gasteiger partial charge >= 0.3 is 306 Å². The van der Waals surface area contributed by atoms with Crippen LogP contribution in [0, 0.1) is 15.9 Å². The Hall–Kier alpha value is -9.09. The molecule has 82 heavy (non-hydrogen) atoms. The molecule has 0 unspecified atom stereocenters. The minimum atomic E-state index is -0.780. The molecule has 12 aromatic rings. The number of benzene rings is 10. The maximum absolute atomic E-state index is 7.09. The Balaban J connectivity index is 0.950. The summed E-state index contributed by atoms with van der Waals surface area (Å²) in [4.78, 5) is 9.94. The molecule has 6 nitrogen and oxygen atoms in total. The van der Waals surface area contributed by atoms with E-state index in [2.05, 4.69) is 329 Å². The van der Waals surface area contributed by atoms with E-state index in [4.69, 9.17) is 9.72 Å². The molecule has 2 aromatic heterocycles. The van der Waals surface area contributed by atoms with Crippen LogP contribution in [0.5, 0.6) is 11.5 Å². The summed E-state index contributed by atoms with van der Waals surface area (Å²) in [5.74, 6) is 1.93. The third kappa shape index (κ3) is 8.33. The van der Waals surface area contributed by atoms with Gasteiger partial charge in [0.25, 0.3) is 0 Å². The van der Waals surface area contributed by atoms with Crippen molar-refractivity contribution in [1.82, 2.24) is 14.1 Å². The van der Waals surface area contributed by atoms with Crippen LogP contribution in [0.15, 0.2) is 249 Å². The number of hydrogen-bond acceptors (Lipinski definition) is 4. The number of para-hydroxylation sites is 6. The zero-order chi connectivity index (χ0) is 55.9. The zero-order valence-electron chi connectivity index (χ0n) is 46.6. The van der Waals surface area contributed by atoms with E-state index in [-0.39, 0.29) is 10.8 Å². The van der Waals surface area contributed by atoms with Crippen LogP contribution in [0.25, 0.3) is 44.7 Å². The molecule has 0 fully saturated rings. The standard InChI is InChI=1S/C75H59N5O.Pt/c1-73(2,3)53-28-21-30-56(46-53)79-65-37-16-13-34-61(65)75(62-35-14-17-38-66(62)79)63-36-15-18-39-67(63)80(71-47-54(44-45-76-71)74(4,5)6)70-49-58(42-43-64(70)75)81-57-31-22-29-55(48-57)77-50-78(69-41-20-19-40-68(69)77)72-59(51-24-9-7-10-25-51)32-23-33-60(72)52-26-11-8-12-27-52;/h7-47H,1-6H3;/q-2;. The summed E-state index contributed by atoms with van der Waals surface area (Å²) in [5, 5.41) is 0. The second-order valence-electron chi connectivity index (χ2n) is 23.3. The fourth-order valence-electron chi connectivity index (χ4n) is 12.5. The van der Waals surface area contributed by atoms with Gasteiger partial charge in [0.2, 0.25) is 0 Å². The van der Waals surface area contributed by atoms with Crippen LogP contribution < -0.4 is 14.5 Å². The molecule has 0 amide bonds. The van der Waals surface area contributed by atoms with E-state index >= 15 is 0 Å². The molecule has 10 aromatic carbocycles. The molecule has 4 heterocycles. The molecule has 14 rings (SSSR count). The molecular formula is C75H59N5OPt-2. The van der Waals surface area contributed by atoms with Gasteiger partial charge in [-0.3, -0.25) is 0 Å². The Labute approximate surface area is 491 Å². The smallest absolute Gasteiger partial charge is 0.0618 e. The number of anilines is 6. The van der Waals surface area contributed by atoms with Crippen LogP contribution in [-0.4, -0.2) is 14.1 Å². The topological polar surface area (TPSA) is 38.5 Å². The molecule has 402 valence electrons. The first kappa shape index (κ1) is 51.1. The first-order chi connectivity index (χ1) is 39.9. The van der Waals surface area contributed by atoms with Crippen molar-refractivity contribution in [2.24, 2.45) is 0 Å². The van der Waals surface area contributed by atoms with E-state index in [0.29, 0.717) is 11.5 Å². The number of nitrogens with zero attached hydrogens (tertiary/aromatic N) is 5. The SMILES string of the molecule is CC(C)(C)c1cccc(N2c3ccccc3C3(c4ccc(Oc5[c-]c(-n6[c](=[Pt])n(-c7c(-c8ccccc8)cccc7-c7ccccc7)c7ccccc76)ccc5)[c-]c4N(c4cc(C(C)(C)C)ccn4)c4ccccc43)c3ccccc32)c1. The van der Waals surface area contributed by atoms with Gasteiger partial charge in [0.1, 0.15) is 0 Å². The third-order valence-electron chi connectivity index (χ3n) is 16.3. The normalized spacial score (nSPS) is 13.4. The molecule has 2 aliphatic heterocycles. The number of pyridine rings is 1.